The average molecular weight is 323 g/mol. The maximum atomic E-state index is 12.6. The van der Waals surface area contributed by atoms with Gasteiger partial charge in [0.2, 0.25) is 5.88 Å². The number of carbonyl (C=O) groups is 1. The molecule has 7 heteroatoms. The number of amides is 1. The first-order valence-corrected chi connectivity index (χ1v) is 7.89. The van der Waals surface area contributed by atoms with Gasteiger partial charge < -0.3 is 10.1 Å². The van der Waals surface area contributed by atoms with E-state index in [1.54, 1.807) is 6.20 Å². The maximum absolute atomic E-state index is 12.6. The number of ether oxygens (including phenoxy) is 1. The Labute approximate surface area is 138 Å². The molecule has 1 aliphatic rings. The van der Waals surface area contributed by atoms with Gasteiger partial charge in [-0.25, -0.2) is 9.97 Å². The smallest absolute Gasteiger partial charge is 0.257 e. The Balaban J connectivity index is 1.56. The van der Waals surface area contributed by atoms with E-state index in [4.69, 9.17) is 4.74 Å². The molecule has 0 spiro atoms. The van der Waals surface area contributed by atoms with Crippen LogP contribution < -0.4 is 10.1 Å². The van der Waals surface area contributed by atoms with Gasteiger partial charge in [-0.05, 0) is 43.0 Å². The molecule has 0 radical (unpaired) electrons. The van der Waals surface area contributed by atoms with Gasteiger partial charge in [0.1, 0.15) is 5.56 Å². The van der Waals surface area contributed by atoms with E-state index in [0.29, 0.717) is 23.6 Å². The lowest BCUT2D eigenvalue weighted by molar-refractivity contribution is 0.0946. The number of hydrogen-bond donors (Lipinski definition) is 2. The summed E-state index contributed by atoms with van der Waals surface area (Å²) < 4.78 is 5.30. The van der Waals surface area contributed by atoms with E-state index in [-0.39, 0.29) is 5.91 Å². The zero-order chi connectivity index (χ0) is 16.5. The van der Waals surface area contributed by atoms with Crippen molar-refractivity contribution < 1.29 is 9.53 Å². The zero-order valence-corrected chi connectivity index (χ0v) is 13.3. The minimum absolute atomic E-state index is 0.208. The second kappa shape index (κ2) is 5.92. The molecule has 0 unspecified atom stereocenters. The summed E-state index contributed by atoms with van der Waals surface area (Å²) >= 11 is 0. The number of methoxy groups -OCH3 is 1. The lowest BCUT2D eigenvalue weighted by Crippen LogP contribution is -2.24. The summed E-state index contributed by atoms with van der Waals surface area (Å²) in [6, 6.07) is 5.66. The minimum atomic E-state index is -0.208. The normalized spacial score (nSPS) is 13.0. The van der Waals surface area contributed by atoms with Crippen LogP contribution in [0, 0.1) is 0 Å². The topological polar surface area (TPSA) is 92.8 Å². The number of H-pyrrole nitrogens is 1. The molecule has 3 aromatic rings. The van der Waals surface area contributed by atoms with Gasteiger partial charge in [-0.3, -0.25) is 9.89 Å². The quantitative estimate of drug-likeness (QED) is 0.763. The molecule has 0 atom stereocenters. The van der Waals surface area contributed by atoms with Gasteiger partial charge in [0.05, 0.1) is 19.3 Å². The molecule has 1 aliphatic carbocycles. The summed E-state index contributed by atoms with van der Waals surface area (Å²) in [5.74, 6) is 0.171. The molecule has 24 heavy (non-hydrogen) atoms. The third-order valence-corrected chi connectivity index (χ3v) is 4.29. The lowest BCUT2D eigenvalue weighted by Gasteiger charge is -2.10. The molecule has 2 N–H and O–H groups in total. The van der Waals surface area contributed by atoms with E-state index >= 15 is 0 Å². The molecular formula is C17H17N5O2. The summed E-state index contributed by atoms with van der Waals surface area (Å²) in [6.07, 6.45) is 4.67. The SMILES string of the molecule is COc1nc2c(cc1C(=O)NCc1[nH]nc3ncccc13)CCC2. The van der Waals surface area contributed by atoms with Crippen LogP contribution in [-0.2, 0) is 19.4 Å². The first-order valence-electron chi connectivity index (χ1n) is 7.89. The second-order valence-corrected chi connectivity index (χ2v) is 5.76. The van der Waals surface area contributed by atoms with Crippen LogP contribution in [0.25, 0.3) is 11.0 Å². The summed E-state index contributed by atoms with van der Waals surface area (Å²) in [6.45, 7) is 0.335. The van der Waals surface area contributed by atoms with Crippen molar-refractivity contribution in [3.63, 3.8) is 0 Å². The first kappa shape index (κ1) is 14.6. The van der Waals surface area contributed by atoms with Crippen LogP contribution in [0.5, 0.6) is 5.88 Å². The highest BCUT2D eigenvalue weighted by Gasteiger charge is 2.21. The van der Waals surface area contributed by atoms with Crippen LogP contribution in [0.15, 0.2) is 24.4 Å². The standard InChI is InChI=1S/C17H17N5O2/c1-24-17-12(8-10-4-2-6-13(10)20-17)16(23)19-9-14-11-5-3-7-18-15(11)22-21-14/h3,5,7-8H,2,4,6,9H2,1H3,(H,19,23)(H,18,21,22). The molecule has 1 amide bonds. The molecule has 0 saturated heterocycles. The number of pyridine rings is 2. The number of aromatic amines is 1. The van der Waals surface area contributed by atoms with Gasteiger partial charge in [-0.1, -0.05) is 0 Å². The first-order chi connectivity index (χ1) is 11.8. The largest absolute Gasteiger partial charge is 0.480 e. The zero-order valence-electron chi connectivity index (χ0n) is 13.3. The Kier molecular flexibility index (Phi) is 3.60. The molecule has 3 aromatic heterocycles. The number of aryl methyl sites for hydroxylation is 2. The van der Waals surface area contributed by atoms with E-state index in [9.17, 15) is 4.79 Å². The van der Waals surface area contributed by atoms with Crippen LogP contribution in [0.1, 0.15) is 33.7 Å². The van der Waals surface area contributed by atoms with Crippen molar-refractivity contribution >= 4 is 16.9 Å². The minimum Gasteiger partial charge on any atom is -0.480 e. The molecule has 122 valence electrons. The Morgan fingerprint density at radius 1 is 1.42 bits per heavy atom. The predicted molar refractivity (Wildman–Crippen MR) is 87.9 cm³/mol. The third kappa shape index (κ3) is 2.47. The number of aromatic nitrogens is 4. The van der Waals surface area contributed by atoms with Crippen molar-refractivity contribution in [1.82, 2.24) is 25.5 Å². The van der Waals surface area contributed by atoms with Crippen LogP contribution in [0.2, 0.25) is 0 Å². The number of nitrogens with one attached hydrogen (secondary N) is 2. The molecule has 0 bridgehead atoms. The summed E-state index contributed by atoms with van der Waals surface area (Å²) in [5, 5.41) is 10.8. The Morgan fingerprint density at radius 3 is 3.21 bits per heavy atom. The highest BCUT2D eigenvalue weighted by Crippen LogP contribution is 2.26. The van der Waals surface area contributed by atoms with Crippen molar-refractivity contribution in [1.29, 1.82) is 0 Å². The highest BCUT2D eigenvalue weighted by molar-refractivity contribution is 5.96. The van der Waals surface area contributed by atoms with Crippen molar-refractivity contribution in [2.75, 3.05) is 7.11 Å². The Hall–Kier alpha value is -2.96. The molecule has 0 aliphatic heterocycles. The van der Waals surface area contributed by atoms with Crippen molar-refractivity contribution in [2.45, 2.75) is 25.8 Å². The van der Waals surface area contributed by atoms with Gasteiger partial charge in [-0.2, -0.15) is 5.10 Å². The number of fused-ring (bicyclic) bond motifs is 2. The molecule has 0 fully saturated rings. The van der Waals surface area contributed by atoms with E-state index < -0.39 is 0 Å². The van der Waals surface area contributed by atoms with Crippen molar-refractivity contribution in [3.8, 4) is 5.88 Å². The van der Waals surface area contributed by atoms with Gasteiger partial charge in [0, 0.05) is 17.3 Å². The van der Waals surface area contributed by atoms with E-state index in [1.807, 2.05) is 18.2 Å². The number of rotatable bonds is 4. The Morgan fingerprint density at radius 2 is 2.33 bits per heavy atom. The third-order valence-electron chi connectivity index (χ3n) is 4.29. The van der Waals surface area contributed by atoms with E-state index in [2.05, 4.69) is 25.5 Å². The van der Waals surface area contributed by atoms with Crippen molar-refractivity contribution in [3.05, 3.63) is 46.9 Å². The summed E-state index contributed by atoms with van der Waals surface area (Å²) in [7, 11) is 1.54. The van der Waals surface area contributed by atoms with Crippen LogP contribution >= 0.6 is 0 Å². The molecule has 0 saturated carbocycles. The van der Waals surface area contributed by atoms with E-state index in [1.165, 1.54) is 7.11 Å². The maximum Gasteiger partial charge on any atom is 0.257 e. The number of hydrogen-bond acceptors (Lipinski definition) is 5. The molecule has 4 rings (SSSR count). The van der Waals surface area contributed by atoms with Crippen LogP contribution in [0.3, 0.4) is 0 Å². The van der Waals surface area contributed by atoms with Crippen LogP contribution in [-0.4, -0.2) is 33.2 Å². The molecule has 7 nitrogen and oxygen atoms in total. The summed E-state index contributed by atoms with van der Waals surface area (Å²) in [4.78, 5) is 21.2. The summed E-state index contributed by atoms with van der Waals surface area (Å²) in [5.41, 5.74) is 4.10. The fourth-order valence-corrected chi connectivity index (χ4v) is 3.07. The second-order valence-electron chi connectivity index (χ2n) is 5.76. The Bertz CT molecular complexity index is 918. The van der Waals surface area contributed by atoms with Gasteiger partial charge >= 0.3 is 0 Å². The van der Waals surface area contributed by atoms with Gasteiger partial charge in [0.15, 0.2) is 5.65 Å². The molecule has 0 aromatic carbocycles. The van der Waals surface area contributed by atoms with Crippen LogP contribution in [0.4, 0.5) is 0 Å². The average Bonchev–Trinajstić information content (AvgIpc) is 3.24. The van der Waals surface area contributed by atoms with E-state index in [0.717, 1.165) is 41.6 Å². The predicted octanol–water partition coefficient (Wildman–Crippen LogP) is 1.78. The molecular weight excluding hydrogens is 306 g/mol. The number of nitrogens with zero attached hydrogens (tertiary/aromatic N) is 3. The lowest BCUT2D eigenvalue weighted by atomic mass is 10.1. The van der Waals surface area contributed by atoms with Crippen molar-refractivity contribution in [2.24, 2.45) is 0 Å². The number of carbonyl (C=O) groups excluding carboxylic acids is 1. The fraction of sp³-hybridized carbons (Fsp3) is 0.294. The highest BCUT2D eigenvalue weighted by atomic mass is 16.5. The fourth-order valence-electron chi connectivity index (χ4n) is 3.07. The molecule has 3 heterocycles. The monoisotopic (exact) mass is 323 g/mol. The van der Waals surface area contributed by atoms with Gasteiger partial charge in [-0.15, -0.1) is 0 Å². The van der Waals surface area contributed by atoms with Gasteiger partial charge in [0.25, 0.3) is 5.91 Å².